The lowest BCUT2D eigenvalue weighted by molar-refractivity contribution is -0.253. The van der Waals surface area contributed by atoms with Gasteiger partial charge in [0, 0.05) is 6.20 Å². The van der Waals surface area contributed by atoms with Crippen molar-refractivity contribution in [3.05, 3.63) is 11.8 Å². The van der Waals surface area contributed by atoms with E-state index in [2.05, 4.69) is 4.74 Å². The molecule has 0 saturated carbocycles. The monoisotopic (exact) mass is 240 g/mol. The zero-order valence-corrected chi connectivity index (χ0v) is 7.88. The first-order valence-electron chi connectivity index (χ1n) is 3.89. The Kier molecular flexibility index (Phi) is 2.82. The number of rotatable bonds is 1. The number of esters is 1. The van der Waals surface area contributed by atoms with Gasteiger partial charge < -0.3 is 15.2 Å². The minimum absolute atomic E-state index is 0.443. The highest BCUT2D eigenvalue weighted by molar-refractivity contribution is 5.94. The normalized spacial score (nSPS) is 25.3. The van der Waals surface area contributed by atoms with Gasteiger partial charge in [0.15, 0.2) is 0 Å². The molecule has 0 aromatic rings. The first kappa shape index (κ1) is 12.3. The van der Waals surface area contributed by atoms with Crippen LogP contribution in [-0.4, -0.2) is 36.1 Å². The molecule has 16 heavy (non-hydrogen) atoms. The molecule has 1 heterocycles. The number of ether oxygens (including phenoxy) is 1. The number of amides is 2. The Bertz CT molecular complexity index is 365. The lowest BCUT2D eigenvalue weighted by Crippen LogP contribution is -2.65. The number of hydrogen-bond acceptors (Lipinski definition) is 4. The summed E-state index contributed by atoms with van der Waals surface area (Å²) in [6.45, 7) is 0. The summed E-state index contributed by atoms with van der Waals surface area (Å²) in [5.74, 6) is -1.41. The SMILES string of the molecule is COC(=O)C1=CNC(=O)NC1(O)C(F)(F)F. The van der Waals surface area contributed by atoms with Gasteiger partial charge >= 0.3 is 18.2 Å². The molecule has 0 spiro atoms. The summed E-state index contributed by atoms with van der Waals surface area (Å²) in [5, 5.41) is 12.3. The van der Waals surface area contributed by atoms with E-state index in [1.165, 1.54) is 5.32 Å². The van der Waals surface area contributed by atoms with Crippen molar-refractivity contribution in [1.29, 1.82) is 0 Å². The number of alkyl halides is 3. The highest BCUT2D eigenvalue weighted by Crippen LogP contribution is 2.35. The van der Waals surface area contributed by atoms with E-state index in [4.69, 9.17) is 0 Å². The van der Waals surface area contributed by atoms with Crippen LogP contribution < -0.4 is 10.6 Å². The van der Waals surface area contributed by atoms with E-state index in [1.54, 1.807) is 5.32 Å². The van der Waals surface area contributed by atoms with Crippen molar-refractivity contribution >= 4 is 12.0 Å². The van der Waals surface area contributed by atoms with Gasteiger partial charge in [-0.3, -0.25) is 5.32 Å². The number of halogens is 3. The van der Waals surface area contributed by atoms with Crippen molar-refractivity contribution in [3.63, 3.8) is 0 Å². The van der Waals surface area contributed by atoms with E-state index in [0.29, 0.717) is 6.20 Å². The van der Waals surface area contributed by atoms with E-state index >= 15 is 0 Å². The average Bonchev–Trinajstić information content (AvgIpc) is 2.15. The number of carbonyl (C=O) groups is 2. The minimum Gasteiger partial charge on any atom is -0.465 e. The second kappa shape index (κ2) is 3.67. The maximum absolute atomic E-state index is 12.5. The highest BCUT2D eigenvalue weighted by Gasteiger charge is 2.61. The minimum atomic E-state index is -5.25. The summed E-state index contributed by atoms with van der Waals surface area (Å²) >= 11 is 0. The summed E-state index contributed by atoms with van der Waals surface area (Å²) in [6, 6.07) is -1.28. The molecule has 9 heteroatoms. The predicted molar refractivity (Wildman–Crippen MR) is 42.8 cm³/mol. The third-order valence-electron chi connectivity index (χ3n) is 1.85. The summed E-state index contributed by atoms with van der Waals surface area (Å²) in [7, 11) is 0.844. The van der Waals surface area contributed by atoms with Crippen LogP contribution in [0.25, 0.3) is 0 Å². The van der Waals surface area contributed by atoms with E-state index in [-0.39, 0.29) is 0 Å². The third-order valence-corrected chi connectivity index (χ3v) is 1.85. The maximum Gasteiger partial charge on any atom is 0.441 e. The second-order valence-corrected chi connectivity index (χ2v) is 2.86. The van der Waals surface area contributed by atoms with Gasteiger partial charge in [-0.05, 0) is 0 Å². The van der Waals surface area contributed by atoms with Gasteiger partial charge in [-0.2, -0.15) is 13.2 Å². The molecule has 90 valence electrons. The summed E-state index contributed by atoms with van der Waals surface area (Å²) in [4.78, 5) is 21.7. The van der Waals surface area contributed by atoms with Crippen molar-refractivity contribution in [1.82, 2.24) is 10.6 Å². The van der Waals surface area contributed by atoms with Gasteiger partial charge in [0.05, 0.1) is 7.11 Å². The quantitative estimate of drug-likeness (QED) is 0.544. The summed E-state index contributed by atoms with van der Waals surface area (Å²) in [5.41, 5.74) is -4.90. The van der Waals surface area contributed by atoms with Gasteiger partial charge in [0.1, 0.15) is 5.57 Å². The van der Waals surface area contributed by atoms with Crippen LogP contribution in [-0.2, 0) is 9.53 Å². The molecule has 0 saturated heterocycles. The van der Waals surface area contributed by atoms with Crippen molar-refractivity contribution < 1.29 is 32.6 Å². The van der Waals surface area contributed by atoms with Crippen LogP contribution in [0.1, 0.15) is 0 Å². The van der Waals surface area contributed by atoms with E-state index in [1.807, 2.05) is 0 Å². The van der Waals surface area contributed by atoms with Crippen LogP contribution in [0.2, 0.25) is 0 Å². The van der Waals surface area contributed by atoms with Gasteiger partial charge in [0.25, 0.3) is 5.72 Å². The maximum atomic E-state index is 12.5. The van der Waals surface area contributed by atoms with Gasteiger partial charge in [-0.1, -0.05) is 0 Å². The van der Waals surface area contributed by atoms with Crippen LogP contribution >= 0.6 is 0 Å². The standard InChI is InChI=1S/C7H7F3N2O4/c1-16-4(13)3-2-11-5(14)12-6(3,15)7(8,9)10/h2,15H,1H3,(H2,11,12,14). The largest absolute Gasteiger partial charge is 0.465 e. The Morgan fingerprint density at radius 3 is 2.56 bits per heavy atom. The number of aliphatic hydroxyl groups is 1. The number of hydrogen-bond donors (Lipinski definition) is 3. The van der Waals surface area contributed by atoms with Crippen molar-refractivity contribution in [2.75, 3.05) is 7.11 Å². The lowest BCUT2D eigenvalue weighted by atomic mass is 10.0. The molecule has 1 atom stereocenters. The number of methoxy groups -OCH3 is 1. The van der Waals surface area contributed by atoms with Crippen molar-refractivity contribution in [2.24, 2.45) is 0 Å². The molecule has 1 aliphatic heterocycles. The smallest absolute Gasteiger partial charge is 0.441 e. The zero-order chi connectivity index (χ0) is 12.6. The molecule has 1 unspecified atom stereocenters. The molecule has 0 aromatic heterocycles. The first-order valence-corrected chi connectivity index (χ1v) is 3.89. The Balaban J connectivity index is 3.22. The highest BCUT2D eigenvalue weighted by atomic mass is 19.4. The number of carbonyl (C=O) groups excluding carboxylic acids is 2. The second-order valence-electron chi connectivity index (χ2n) is 2.86. The molecule has 0 radical (unpaired) electrons. The van der Waals surface area contributed by atoms with E-state index in [9.17, 15) is 27.9 Å². The Morgan fingerprint density at radius 1 is 1.56 bits per heavy atom. The molecule has 1 aliphatic rings. The molecule has 3 N–H and O–H groups in total. The molecular formula is C7H7F3N2O4. The number of nitrogens with one attached hydrogen (secondary N) is 2. The van der Waals surface area contributed by atoms with Crippen LogP contribution in [0.15, 0.2) is 11.8 Å². The molecular weight excluding hydrogens is 233 g/mol. The van der Waals surface area contributed by atoms with Crippen LogP contribution in [0.4, 0.5) is 18.0 Å². The van der Waals surface area contributed by atoms with Crippen LogP contribution in [0.5, 0.6) is 0 Å². The topological polar surface area (TPSA) is 87.7 Å². The lowest BCUT2D eigenvalue weighted by Gasteiger charge is -2.34. The molecule has 0 aliphatic carbocycles. The molecule has 0 bridgehead atoms. The first-order chi connectivity index (χ1) is 7.22. The molecule has 2 amide bonds. The summed E-state index contributed by atoms with van der Waals surface area (Å²) < 4.78 is 41.6. The Labute approximate surface area is 87.1 Å². The van der Waals surface area contributed by atoms with Crippen LogP contribution in [0.3, 0.4) is 0 Å². The fraction of sp³-hybridized carbons (Fsp3) is 0.429. The zero-order valence-electron chi connectivity index (χ0n) is 7.88. The molecule has 0 aromatic carbocycles. The summed E-state index contributed by atoms with van der Waals surface area (Å²) in [6.07, 6.45) is -4.80. The predicted octanol–water partition coefficient (Wildman–Crippen LogP) is -0.393. The average molecular weight is 240 g/mol. The fourth-order valence-corrected chi connectivity index (χ4v) is 1.05. The Morgan fingerprint density at radius 2 is 2.12 bits per heavy atom. The molecule has 6 nitrogen and oxygen atoms in total. The molecule has 1 rings (SSSR count). The van der Waals surface area contributed by atoms with Gasteiger partial charge in [-0.25, -0.2) is 9.59 Å². The van der Waals surface area contributed by atoms with Crippen molar-refractivity contribution in [3.8, 4) is 0 Å². The van der Waals surface area contributed by atoms with Crippen molar-refractivity contribution in [2.45, 2.75) is 11.9 Å². The molecule has 0 fully saturated rings. The Hall–Kier alpha value is -1.77. The van der Waals surface area contributed by atoms with Gasteiger partial charge in [-0.15, -0.1) is 0 Å². The number of urea groups is 1. The van der Waals surface area contributed by atoms with E-state index in [0.717, 1.165) is 7.11 Å². The van der Waals surface area contributed by atoms with Gasteiger partial charge in [0.2, 0.25) is 0 Å². The van der Waals surface area contributed by atoms with E-state index < -0.39 is 29.5 Å². The fourth-order valence-electron chi connectivity index (χ4n) is 1.05. The third kappa shape index (κ3) is 1.81. The van der Waals surface area contributed by atoms with Crippen LogP contribution in [0, 0.1) is 0 Å².